The zero-order valence-electron chi connectivity index (χ0n) is 18.1. The number of carbonyl (C=O) groups excluding carboxylic acids is 1. The summed E-state index contributed by atoms with van der Waals surface area (Å²) < 4.78 is 27.9. The van der Waals surface area contributed by atoms with Gasteiger partial charge in [-0.25, -0.2) is 13.1 Å². The van der Waals surface area contributed by atoms with Gasteiger partial charge in [-0.05, 0) is 47.9 Å². The van der Waals surface area contributed by atoms with Gasteiger partial charge in [-0.3, -0.25) is 9.79 Å². The number of aliphatic imine (C=N–C) groups is 1. The predicted molar refractivity (Wildman–Crippen MR) is 134 cm³/mol. The Morgan fingerprint density at radius 3 is 2.59 bits per heavy atom. The number of amides is 1. The van der Waals surface area contributed by atoms with Gasteiger partial charge < -0.3 is 10.2 Å². The summed E-state index contributed by atoms with van der Waals surface area (Å²) >= 11 is 6.78. The molecule has 4 rings (SSSR count). The number of carbonyl (C=O) groups is 1. The molecule has 0 radical (unpaired) electrons. The van der Waals surface area contributed by atoms with Gasteiger partial charge in [0.25, 0.3) is 10.0 Å². The fourth-order valence-electron chi connectivity index (χ4n) is 3.63. The molecule has 0 unspecified atom stereocenters. The van der Waals surface area contributed by atoms with Crippen LogP contribution in [0.2, 0.25) is 4.34 Å². The summed E-state index contributed by atoms with van der Waals surface area (Å²) in [5, 5.41) is 12.7. The SMILES string of the molecule is C/N=C(\Nc1ccc(N2Cc3ccccc3CCC2=O)c(C#N)c1)NS(=O)(=O)c1ccc(Cl)s1. The van der Waals surface area contributed by atoms with Crippen molar-refractivity contribution in [3.8, 4) is 6.07 Å². The van der Waals surface area contributed by atoms with Gasteiger partial charge in [0.2, 0.25) is 11.9 Å². The molecule has 0 saturated carbocycles. The molecule has 0 bridgehead atoms. The van der Waals surface area contributed by atoms with Gasteiger partial charge in [0, 0.05) is 19.2 Å². The molecular formula is C23H20ClN5O3S2. The third-order valence-corrected chi connectivity index (χ3v) is 8.36. The van der Waals surface area contributed by atoms with E-state index in [1.165, 1.54) is 19.2 Å². The van der Waals surface area contributed by atoms with E-state index in [-0.39, 0.29) is 21.6 Å². The van der Waals surface area contributed by atoms with E-state index < -0.39 is 10.0 Å². The van der Waals surface area contributed by atoms with Crippen molar-refractivity contribution in [2.75, 3.05) is 17.3 Å². The van der Waals surface area contributed by atoms with Crippen LogP contribution in [0.4, 0.5) is 11.4 Å². The van der Waals surface area contributed by atoms with Gasteiger partial charge in [0.1, 0.15) is 10.3 Å². The number of fused-ring (bicyclic) bond motifs is 1. The van der Waals surface area contributed by atoms with E-state index in [9.17, 15) is 18.5 Å². The summed E-state index contributed by atoms with van der Waals surface area (Å²) in [6.07, 6.45) is 1.00. The smallest absolute Gasteiger partial charge is 0.273 e. The maximum absolute atomic E-state index is 12.9. The van der Waals surface area contributed by atoms with E-state index in [1.54, 1.807) is 23.1 Å². The molecule has 0 atom stereocenters. The Bertz CT molecular complexity index is 1430. The van der Waals surface area contributed by atoms with E-state index >= 15 is 0 Å². The lowest BCUT2D eigenvalue weighted by atomic mass is 10.0. The average molecular weight is 514 g/mol. The molecule has 1 aromatic heterocycles. The minimum Gasteiger partial charge on any atom is -0.326 e. The molecule has 2 heterocycles. The van der Waals surface area contributed by atoms with Crippen LogP contribution in [-0.2, 0) is 27.8 Å². The number of halogens is 1. The minimum absolute atomic E-state index is 0.0269. The first-order valence-electron chi connectivity index (χ1n) is 10.2. The van der Waals surface area contributed by atoms with Crippen LogP contribution in [0.15, 0.2) is 63.8 Å². The molecule has 174 valence electrons. The first kappa shape index (κ1) is 23.8. The number of aryl methyl sites for hydroxylation is 1. The van der Waals surface area contributed by atoms with Crippen LogP contribution in [-0.4, -0.2) is 27.3 Å². The Morgan fingerprint density at radius 1 is 1.15 bits per heavy atom. The lowest BCUT2D eigenvalue weighted by Crippen LogP contribution is -2.35. The third-order valence-electron chi connectivity index (χ3n) is 5.29. The number of nitrogens with zero attached hydrogens (tertiary/aromatic N) is 3. The molecule has 0 saturated heterocycles. The fourth-order valence-corrected chi connectivity index (χ4v) is 6.12. The molecule has 0 fully saturated rings. The number of hydrogen-bond acceptors (Lipinski definition) is 6. The number of sulfonamides is 1. The second-order valence-corrected chi connectivity index (χ2v) is 11.1. The van der Waals surface area contributed by atoms with Crippen LogP contribution >= 0.6 is 22.9 Å². The molecule has 1 amide bonds. The highest BCUT2D eigenvalue weighted by molar-refractivity contribution is 7.92. The molecule has 3 aromatic rings. The van der Waals surface area contributed by atoms with Gasteiger partial charge in [0.05, 0.1) is 22.1 Å². The van der Waals surface area contributed by atoms with E-state index in [2.05, 4.69) is 21.1 Å². The molecule has 0 spiro atoms. The van der Waals surface area contributed by atoms with Gasteiger partial charge in [-0.2, -0.15) is 5.26 Å². The van der Waals surface area contributed by atoms with Crippen LogP contribution in [0, 0.1) is 11.3 Å². The number of hydrogen-bond donors (Lipinski definition) is 2. The summed E-state index contributed by atoms with van der Waals surface area (Å²) in [4.78, 5) is 18.4. The molecule has 34 heavy (non-hydrogen) atoms. The number of nitrogens with one attached hydrogen (secondary N) is 2. The second-order valence-electron chi connectivity index (χ2n) is 7.45. The zero-order chi connectivity index (χ0) is 24.3. The van der Waals surface area contributed by atoms with E-state index in [4.69, 9.17) is 11.6 Å². The molecule has 1 aliphatic rings. The zero-order valence-corrected chi connectivity index (χ0v) is 20.5. The Morgan fingerprint density at radius 2 is 1.91 bits per heavy atom. The molecule has 0 aliphatic carbocycles. The summed E-state index contributed by atoms with van der Waals surface area (Å²) in [5.74, 6) is -0.0903. The predicted octanol–water partition coefficient (Wildman–Crippen LogP) is 4.13. The number of thiophene rings is 1. The molecule has 8 nitrogen and oxygen atoms in total. The largest absolute Gasteiger partial charge is 0.326 e. The van der Waals surface area contributed by atoms with E-state index in [1.807, 2.05) is 24.3 Å². The van der Waals surface area contributed by atoms with Crippen molar-refractivity contribution in [3.63, 3.8) is 0 Å². The average Bonchev–Trinajstić information content (AvgIpc) is 3.21. The first-order chi connectivity index (χ1) is 16.3. The monoisotopic (exact) mass is 513 g/mol. The van der Waals surface area contributed by atoms with Crippen molar-refractivity contribution in [1.29, 1.82) is 5.26 Å². The van der Waals surface area contributed by atoms with Crippen LogP contribution in [0.3, 0.4) is 0 Å². The van der Waals surface area contributed by atoms with Gasteiger partial charge in [-0.15, -0.1) is 11.3 Å². The standard InChI is InChI=1S/C23H20ClN5O3S2/c1-26-23(28-34(31,32)22-11-9-20(24)33-22)27-18-7-8-19(17(12-18)13-25)29-14-16-5-3-2-4-15(16)6-10-21(29)30/h2-5,7-9,11-12H,6,10,14H2,1H3,(H2,26,27,28). The first-order valence-corrected chi connectivity index (χ1v) is 12.9. The number of nitriles is 1. The molecule has 11 heteroatoms. The lowest BCUT2D eigenvalue weighted by Gasteiger charge is -2.23. The van der Waals surface area contributed by atoms with Crippen LogP contribution in [0.5, 0.6) is 0 Å². The van der Waals surface area contributed by atoms with E-state index in [0.29, 0.717) is 35.1 Å². The maximum Gasteiger partial charge on any atom is 0.273 e. The van der Waals surface area contributed by atoms with Crippen LogP contribution < -0.4 is 14.9 Å². The summed E-state index contributed by atoms with van der Waals surface area (Å²) in [6.45, 7) is 0.376. The molecule has 1 aliphatic heterocycles. The summed E-state index contributed by atoms with van der Waals surface area (Å²) in [5.41, 5.74) is 3.39. The summed E-state index contributed by atoms with van der Waals surface area (Å²) in [7, 11) is -2.45. The number of guanidine groups is 1. The minimum atomic E-state index is -3.88. The Kier molecular flexibility index (Phi) is 6.88. The van der Waals surface area contributed by atoms with Gasteiger partial charge in [0.15, 0.2) is 0 Å². The Labute approximate surface area is 206 Å². The lowest BCUT2D eigenvalue weighted by molar-refractivity contribution is -0.118. The van der Waals surface area contributed by atoms with Crippen molar-refractivity contribution in [1.82, 2.24) is 4.72 Å². The molecule has 2 N–H and O–H groups in total. The number of benzene rings is 2. The quantitative estimate of drug-likeness (QED) is 0.402. The topological polar surface area (TPSA) is 115 Å². The van der Waals surface area contributed by atoms with Gasteiger partial charge >= 0.3 is 0 Å². The second kappa shape index (κ2) is 9.85. The van der Waals surface area contributed by atoms with E-state index in [0.717, 1.165) is 22.5 Å². The number of anilines is 2. The Hall–Kier alpha value is -3.39. The van der Waals surface area contributed by atoms with Crippen molar-refractivity contribution in [2.24, 2.45) is 4.99 Å². The number of rotatable bonds is 4. The molecular weight excluding hydrogens is 494 g/mol. The Balaban J connectivity index is 1.57. The third kappa shape index (κ3) is 5.07. The fraction of sp³-hybridized carbons (Fsp3) is 0.174. The van der Waals surface area contributed by atoms with Crippen molar-refractivity contribution in [3.05, 3.63) is 75.6 Å². The summed E-state index contributed by atoms with van der Waals surface area (Å²) in [6, 6.07) is 17.8. The van der Waals surface area contributed by atoms with Gasteiger partial charge in [-0.1, -0.05) is 35.9 Å². The highest BCUT2D eigenvalue weighted by Crippen LogP contribution is 2.30. The maximum atomic E-state index is 12.9. The molecule has 2 aromatic carbocycles. The van der Waals surface area contributed by atoms with Crippen LogP contribution in [0.1, 0.15) is 23.1 Å². The normalized spacial score (nSPS) is 14.2. The van der Waals surface area contributed by atoms with Crippen LogP contribution in [0.25, 0.3) is 0 Å². The highest BCUT2D eigenvalue weighted by atomic mass is 35.5. The van der Waals surface area contributed by atoms with Crippen molar-refractivity contribution >= 4 is 56.2 Å². The highest BCUT2D eigenvalue weighted by Gasteiger charge is 2.24. The van der Waals surface area contributed by atoms with Crippen molar-refractivity contribution in [2.45, 2.75) is 23.6 Å². The van der Waals surface area contributed by atoms with Crippen molar-refractivity contribution < 1.29 is 13.2 Å².